The number of halogens is 1. The number of aliphatic imine (C=N–C) groups is 1. The number of rotatable bonds is 2. The predicted octanol–water partition coefficient (Wildman–Crippen LogP) is 3.06. The molecule has 0 saturated carbocycles. The van der Waals surface area contributed by atoms with E-state index in [0.717, 1.165) is 54.6 Å². The molecule has 0 spiro atoms. The van der Waals surface area contributed by atoms with Crippen LogP contribution in [0.25, 0.3) is 11.3 Å². The monoisotopic (exact) mass is 394 g/mol. The van der Waals surface area contributed by atoms with Gasteiger partial charge in [-0.3, -0.25) is 0 Å². The topological polar surface area (TPSA) is 48.2 Å². The highest BCUT2D eigenvalue weighted by Gasteiger charge is 2.22. The summed E-state index contributed by atoms with van der Waals surface area (Å²) in [4.78, 5) is 14.0. The van der Waals surface area contributed by atoms with Crippen LogP contribution in [0.1, 0.15) is 18.2 Å². The van der Waals surface area contributed by atoms with Gasteiger partial charge in [0, 0.05) is 56.4 Å². The molecule has 1 atom stereocenters. The quantitative estimate of drug-likeness (QED) is 0.850. The van der Waals surface area contributed by atoms with Crippen LogP contribution in [0.15, 0.2) is 53.6 Å². The Labute approximate surface area is 169 Å². The summed E-state index contributed by atoms with van der Waals surface area (Å²) in [5.41, 5.74) is 4.93. The third-order valence-corrected chi connectivity index (χ3v) is 5.64. The molecule has 0 amide bonds. The smallest absolute Gasteiger partial charge is 0.155 e. The first-order valence-corrected chi connectivity index (χ1v) is 10.0. The summed E-state index contributed by atoms with van der Waals surface area (Å²) in [5.74, 6) is 0.961. The summed E-state index contributed by atoms with van der Waals surface area (Å²) in [7, 11) is 0. The fourth-order valence-electron chi connectivity index (χ4n) is 3.98. The zero-order valence-electron chi connectivity index (χ0n) is 16.1. The van der Waals surface area contributed by atoms with Crippen molar-refractivity contribution in [3.05, 3.63) is 64.9 Å². The van der Waals surface area contributed by atoms with E-state index in [-0.39, 0.29) is 0 Å². The van der Waals surface area contributed by atoms with Crippen molar-refractivity contribution in [2.24, 2.45) is 4.99 Å². The summed E-state index contributed by atoms with van der Waals surface area (Å²) in [6.07, 6.45) is 12.7. The number of allylic oxidation sites excluding steroid dienone is 1. The van der Waals surface area contributed by atoms with E-state index in [4.69, 9.17) is 16.6 Å². The van der Waals surface area contributed by atoms with Crippen molar-refractivity contribution in [3.8, 4) is 0 Å². The van der Waals surface area contributed by atoms with Gasteiger partial charge in [-0.25, -0.2) is 9.98 Å². The number of nitrogens with zero attached hydrogens (tertiary/aromatic N) is 5. The van der Waals surface area contributed by atoms with E-state index in [1.54, 1.807) is 0 Å². The molecule has 6 nitrogen and oxygen atoms in total. The lowest BCUT2D eigenvalue weighted by Gasteiger charge is -2.37. The zero-order chi connectivity index (χ0) is 19.3. The van der Waals surface area contributed by atoms with Gasteiger partial charge in [-0.05, 0) is 38.1 Å². The summed E-state index contributed by atoms with van der Waals surface area (Å²) in [6.45, 7) is 8.07. The molecule has 144 valence electrons. The van der Waals surface area contributed by atoms with Crippen molar-refractivity contribution >= 4 is 28.8 Å². The highest BCUT2D eigenvalue weighted by molar-refractivity contribution is 6.33. The van der Waals surface area contributed by atoms with Gasteiger partial charge in [-0.2, -0.15) is 0 Å². The van der Waals surface area contributed by atoms with Gasteiger partial charge < -0.3 is 19.5 Å². The Morgan fingerprint density at radius 2 is 2.14 bits per heavy atom. The molecule has 28 heavy (non-hydrogen) atoms. The number of aryl methyl sites for hydroxylation is 1. The van der Waals surface area contributed by atoms with E-state index in [0.29, 0.717) is 11.1 Å². The second kappa shape index (κ2) is 6.79. The van der Waals surface area contributed by atoms with Crippen molar-refractivity contribution in [1.82, 2.24) is 24.5 Å². The first-order chi connectivity index (χ1) is 13.6. The fraction of sp³-hybridized carbons (Fsp3) is 0.333. The van der Waals surface area contributed by atoms with E-state index in [2.05, 4.69) is 51.5 Å². The molecular formula is C21H23ClN6. The van der Waals surface area contributed by atoms with Gasteiger partial charge in [-0.1, -0.05) is 11.6 Å². The van der Waals surface area contributed by atoms with Crippen LogP contribution < -0.4 is 5.32 Å². The van der Waals surface area contributed by atoms with Crippen LogP contribution in [0, 0.1) is 6.92 Å². The fourth-order valence-corrected chi connectivity index (χ4v) is 4.24. The Kier molecular flexibility index (Phi) is 4.25. The molecule has 1 N–H and O–H groups in total. The van der Waals surface area contributed by atoms with Crippen molar-refractivity contribution in [1.29, 1.82) is 0 Å². The van der Waals surface area contributed by atoms with Gasteiger partial charge in [0.15, 0.2) is 5.65 Å². The van der Waals surface area contributed by atoms with E-state index in [1.165, 1.54) is 5.70 Å². The standard InChI is InChI=1S/C21H23ClN6/c1-14-10-26(8-6-23-14)17-3-4-20-25-19(5-7-27(20)13-17)16-9-18(22)21-24-15(2)11-28(21)12-16/h3-5,9,11-14,23H,6-8,10H2,1-2H3/t14-/m0/s1. The van der Waals surface area contributed by atoms with E-state index in [1.807, 2.05) is 29.8 Å². The average Bonchev–Trinajstić information content (AvgIpc) is 3.08. The molecule has 2 aromatic rings. The largest absolute Gasteiger partial charge is 0.368 e. The second-order valence-electron chi connectivity index (χ2n) is 7.59. The van der Waals surface area contributed by atoms with Gasteiger partial charge in [0.1, 0.15) is 5.84 Å². The highest BCUT2D eigenvalue weighted by atomic mass is 35.5. The number of pyridine rings is 1. The normalized spacial score (nSPS) is 22.1. The zero-order valence-corrected chi connectivity index (χ0v) is 16.8. The lowest BCUT2D eigenvalue weighted by atomic mass is 10.1. The lowest BCUT2D eigenvalue weighted by Crippen LogP contribution is -2.49. The van der Waals surface area contributed by atoms with E-state index >= 15 is 0 Å². The van der Waals surface area contributed by atoms with Crippen molar-refractivity contribution < 1.29 is 0 Å². The molecule has 3 aliphatic heterocycles. The van der Waals surface area contributed by atoms with Crippen LogP contribution in [0.3, 0.4) is 0 Å². The maximum Gasteiger partial charge on any atom is 0.155 e. The van der Waals surface area contributed by atoms with Crippen molar-refractivity contribution in [2.45, 2.75) is 19.9 Å². The number of hydrogen-bond acceptors (Lipinski definition) is 5. The number of amidine groups is 1. The maximum atomic E-state index is 6.45. The predicted molar refractivity (Wildman–Crippen MR) is 113 cm³/mol. The molecule has 0 unspecified atom stereocenters. The minimum Gasteiger partial charge on any atom is -0.368 e. The number of imidazole rings is 1. The van der Waals surface area contributed by atoms with Gasteiger partial charge in [-0.15, -0.1) is 0 Å². The van der Waals surface area contributed by atoms with Crippen molar-refractivity contribution in [2.75, 3.05) is 26.2 Å². The van der Waals surface area contributed by atoms with Crippen molar-refractivity contribution in [3.63, 3.8) is 0 Å². The van der Waals surface area contributed by atoms with Crippen LogP contribution in [0.5, 0.6) is 0 Å². The number of piperazine rings is 1. The van der Waals surface area contributed by atoms with E-state index < -0.39 is 0 Å². The Hall–Kier alpha value is -2.57. The van der Waals surface area contributed by atoms with Gasteiger partial charge >= 0.3 is 0 Å². The molecule has 2 aromatic heterocycles. The first kappa shape index (κ1) is 17.5. The summed E-state index contributed by atoms with van der Waals surface area (Å²) >= 11 is 6.45. The molecule has 0 aromatic carbocycles. The van der Waals surface area contributed by atoms with Crippen LogP contribution in [-0.4, -0.2) is 57.2 Å². The molecule has 1 fully saturated rings. The van der Waals surface area contributed by atoms with Crippen LogP contribution in [-0.2, 0) is 0 Å². The Morgan fingerprint density at radius 3 is 3.00 bits per heavy atom. The SMILES string of the molecule is Cc1cn2cc(C3=CCN4C=C(N5CCN[C@@H](C)C5)C=CC4=N3)cc(Cl)c2n1. The average molecular weight is 395 g/mol. The lowest BCUT2D eigenvalue weighted by molar-refractivity contribution is 0.258. The molecular weight excluding hydrogens is 372 g/mol. The Morgan fingerprint density at radius 1 is 1.25 bits per heavy atom. The summed E-state index contributed by atoms with van der Waals surface area (Å²) in [5, 5.41) is 4.13. The summed E-state index contributed by atoms with van der Waals surface area (Å²) < 4.78 is 1.97. The second-order valence-corrected chi connectivity index (χ2v) is 8.00. The minimum absolute atomic E-state index is 0.512. The molecule has 5 heterocycles. The van der Waals surface area contributed by atoms with Crippen LogP contribution in [0.4, 0.5) is 0 Å². The van der Waals surface area contributed by atoms with Gasteiger partial charge in [0.25, 0.3) is 0 Å². The third-order valence-electron chi connectivity index (χ3n) is 5.36. The first-order valence-electron chi connectivity index (χ1n) is 9.66. The van der Waals surface area contributed by atoms with Crippen LogP contribution in [0.2, 0.25) is 5.02 Å². The van der Waals surface area contributed by atoms with Crippen LogP contribution >= 0.6 is 11.6 Å². The molecule has 5 rings (SSSR count). The molecule has 1 saturated heterocycles. The Balaban J connectivity index is 1.41. The molecule has 7 heteroatoms. The molecule has 0 aliphatic carbocycles. The number of hydrogen-bond donors (Lipinski definition) is 1. The third kappa shape index (κ3) is 3.12. The molecule has 3 aliphatic rings. The number of fused-ring (bicyclic) bond motifs is 2. The van der Waals surface area contributed by atoms with Gasteiger partial charge in [0.05, 0.1) is 22.1 Å². The minimum atomic E-state index is 0.512. The molecule has 0 radical (unpaired) electrons. The maximum absolute atomic E-state index is 6.45. The Bertz CT molecular complexity index is 1060. The summed E-state index contributed by atoms with van der Waals surface area (Å²) in [6, 6.07) is 2.46. The number of aromatic nitrogens is 2. The number of nitrogens with one attached hydrogen (secondary N) is 1. The van der Waals surface area contributed by atoms with Gasteiger partial charge in [0.2, 0.25) is 0 Å². The molecule has 0 bridgehead atoms. The highest BCUT2D eigenvalue weighted by Crippen LogP contribution is 2.28. The van der Waals surface area contributed by atoms with E-state index in [9.17, 15) is 0 Å².